The van der Waals surface area contributed by atoms with E-state index in [9.17, 15) is 5.11 Å². The van der Waals surface area contributed by atoms with Crippen molar-refractivity contribution in [2.45, 2.75) is 50.1 Å². The third-order valence-corrected chi connectivity index (χ3v) is 5.17. The zero-order valence-electron chi connectivity index (χ0n) is 10.7. The zero-order valence-corrected chi connectivity index (χ0v) is 10.7. The summed E-state index contributed by atoms with van der Waals surface area (Å²) < 4.78 is 0. The monoisotopic (exact) mass is 231 g/mol. The second-order valence-corrected chi connectivity index (χ2v) is 5.80. The SMILES string of the molecule is C[C@H]1N(C)[C@H]2CCC[C@]1(c1cccc(O)c1)C2. The van der Waals surface area contributed by atoms with E-state index in [0.29, 0.717) is 11.8 Å². The van der Waals surface area contributed by atoms with Crippen molar-refractivity contribution in [3.63, 3.8) is 0 Å². The van der Waals surface area contributed by atoms with Gasteiger partial charge >= 0.3 is 0 Å². The van der Waals surface area contributed by atoms with Crippen molar-refractivity contribution in [1.29, 1.82) is 0 Å². The molecule has 2 aliphatic rings. The molecule has 0 aromatic heterocycles. The Morgan fingerprint density at radius 1 is 1.41 bits per heavy atom. The Balaban J connectivity index is 2.05. The Labute approximate surface area is 103 Å². The molecule has 0 spiro atoms. The first-order chi connectivity index (χ1) is 8.13. The van der Waals surface area contributed by atoms with Gasteiger partial charge < -0.3 is 5.11 Å². The van der Waals surface area contributed by atoms with E-state index >= 15 is 0 Å². The highest BCUT2D eigenvalue weighted by molar-refractivity contribution is 5.36. The van der Waals surface area contributed by atoms with Crippen LogP contribution in [-0.2, 0) is 5.41 Å². The molecular weight excluding hydrogens is 210 g/mol. The average Bonchev–Trinajstić information content (AvgIpc) is 2.52. The number of likely N-dealkylation sites (tertiary alicyclic amines) is 1. The Morgan fingerprint density at radius 2 is 2.24 bits per heavy atom. The highest BCUT2D eigenvalue weighted by Gasteiger charge is 2.51. The number of hydrogen-bond acceptors (Lipinski definition) is 2. The van der Waals surface area contributed by atoms with E-state index in [1.807, 2.05) is 12.1 Å². The molecule has 2 fully saturated rings. The number of likely N-dealkylation sites (N-methyl/N-ethyl adjacent to an activating group) is 1. The van der Waals surface area contributed by atoms with Crippen LogP contribution >= 0.6 is 0 Å². The molecule has 0 radical (unpaired) electrons. The second-order valence-electron chi connectivity index (χ2n) is 5.80. The van der Waals surface area contributed by atoms with E-state index in [2.05, 4.69) is 24.9 Å². The number of fused-ring (bicyclic) bond motifs is 2. The largest absolute Gasteiger partial charge is 0.508 e. The number of rotatable bonds is 1. The van der Waals surface area contributed by atoms with Crippen LogP contribution < -0.4 is 0 Å². The standard InChI is InChI=1S/C15H21NO/c1-11-15(12-5-3-7-14(17)9-12)8-4-6-13(10-15)16(11)2/h3,5,7,9,11,13,17H,4,6,8,10H2,1-2H3/t11-,13+,15+/m1/s1. The van der Waals surface area contributed by atoms with Gasteiger partial charge in [0.1, 0.15) is 5.75 Å². The number of phenols is 1. The van der Waals surface area contributed by atoms with Crippen LogP contribution in [0.1, 0.15) is 38.2 Å². The van der Waals surface area contributed by atoms with Crippen molar-refractivity contribution in [1.82, 2.24) is 4.90 Å². The van der Waals surface area contributed by atoms with Crippen LogP contribution in [0.15, 0.2) is 24.3 Å². The first-order valence-electron chi connectivity index (χ1n) is 6.65. The van der Waals surface area contributed by atoms with Crippen molar-refractivity contribution in [3.05, 3.63) is 29.8 Å². The molecule has 92 valence electrons. The molecule has 17 heavy (non-hydrogen) atoms. The van der Waals surface area contributed by atoms with Gasteiger partial charge in [0.05, 0.1) is 0 Å². The lowest BCUT2D eigenvalue weighted by molar-refractivity contribution is 0.239. The van der Waals surface area contributed by atoms with Gasteiger partial charge in [-0.1, -0.05) is 18.6 Å². The average molecular weight is 231 g/mol. The van der Waals surface area contributed by atoms with Gasteiger partial charge in [0.25, 0.3) is 0 Å². The van der Waals surface area contributed by atoms with E-state index in [1.54, 1.807) is 6.07 Å². The van der Waals surface area contributed by atoms with E-state index in [-0.39, 0.29) is 5.41 Å². The van der Waals surface area contributed by atoms with Crippen LogP contribution in [0.2, 0.25) is 0 Å². The highest BCUT2D eigenvalue weighted by atomic mass is 16.3. The van der Waals surface area contributed by atoms with Crippen LogP contribution in [0, 0.1) is 0 Å². The van der Waals surface area contributed by atoms with Crippen LogP contribution in [0.3, 0.4) is 0 Å². The van der Waals surface area contributed by atoms with Gasteiger partial charge in [-0.3, -0.25) is 4.90 Å². The molecule has 2 nitrogen and oxygen atoms in total. The molecular formula is C15H21NO. The minimum absolute atomic E-state index is 0.274. The molecule has 1 saturated heterocycles. The van der Waals surface area contributed by atoms with Gasteiger partial charge in [-0.05, 0) is 50.9 Å². The fourth-order valence-corrected chi connectivity index (χ4v) is 4.03. The first-order valence-corrected chi connectivity index (χ1v) is 6.65. The quantitative estimate of drug-likeness (QED) is 0.803. The molecule has 3 atom stereocenters. The third-order valence-electron chi connectivity index (χ3n) is 5.17. The topological polar surface area (TPSA) is 23.5 Å². The van der Waals surface area contributed by atoms with E-state index < -0.39 is 0 Å². The lowest BCUT2D eigenvalue weighted by Gasteiger charge is -2.36. The number of phenolic OH excluding ortho intramolecular Hbond substituents is 1. The van der Waals surface area contributed by atoms with Gasteiger partial charge in [0, 0.05) is 17.5 Å². The summed E-state index contributed by atoms with van der Waals surface area (Å²) >= 11 is 0. The minimum atomic E-state index is 0.274. The molecule has 1 aliphatic carbocycles. The van der Waals surface area contributed by atoms with Crippen molar-refractivity contribution >= 4 is 0 Å². The lowest BCUT2D eigenvalue weighted by atomic mass is 9.67. The van der Waals surface area contributed by atoms with Crippen molar-refractivity contribution in [3.8, 4) is 5.75 Å². The number of hydrogen-bond donors (Lipinski definition) is 1. The van der Waals surface area contributed by atoms with Gasteiger partial charge in [0.2, 0.25) is 0 Å². The summed E-state index contributed by atoms with van der Waals surface area (Å²) in [7, 11) is 2.26. The summed E-state index contributed by atoms with van der Waals surface area (Å²) in [6, 6.07) is 9.23. The normalized spacial score (nSPS) is 37.3. The molecule has 1 aliphatic heterocycles. The molecule has 1 N–H and O–H groups in total. The minimum Gasteiger partial charge on any atom is -0.508 e. The van der Waals surface area contributed by atoms with Gasteiger partial charge in [0.15, 0.2) is 0 Å². The summed E-state index contributed by atoms with van der Waals surface area (Å²) in [6.45, 7) is 2.34. The fourth-order valence-electron chi connectivity index (χ4n) is 4.03. The van der Waals surface area contributed by atoms with Gasteiger partial charge in [-0.25, -0.2) is 0 Å². The summed E-state index contributed by atoms with van der Waals surface area (Å²) in [5.41, 5.74) is 1.61. The zero-order chi connectivity index (χ0) is 12.0. The molecule has 2 heteroatoms. The third kappa shape index (κ3) is 1.50. The maximum Gasteiger partial charge on any atom is 0.115 e. The van der Waals surface area contributed by atoms with E-state index in [0.717, 1.165) is 6.04 Å². The van der Waals surface area contributed by atoms with Crippen LogP contribution in [0.4, 0.5) is 0 Å². The Bertz CT molecular complexity index is 431. The fraction of sp³-hybridized carbons (Fsp3) is 0.600. The Hall–Kier alpha value is -1.02. The second kappa shape index (κ2) is 3.74. The summed E-state index contributed by atoms with van der Waals surface area (Å²) in [5, 5.41) is 9.71. The predicted octanol–water partition coefficient (Wildman–Crippen LogP) is 2.91. The first kappa shape index (κ1) is 11.1. The molecule has 1 aromatic carbocycles. The number of aromatic hydroxyl groups is 1. The maximum absolute atomic E-state index is 9.71. The summed E-state index contributed by atoms with van der Waals surface area (Å²) in [6.07, 6.45) is 5.17. The predicted molar refractivity (Wildman–Crippen MR) is 69.3 cm³/mol. The van der Waals surface area contributed by atoms with Gasteiger partial charge in [-0.2, -0.15) is 0 Å². The van der Waals surface area contributed by atoms with Gasteiger partial charge in [-0.15, -0.1) is 0 Å². The van der Waals surface area contributed by atoms with Crippen LogP contribution in [-0.4, -0.2) is 29.1 Å². The number of benzene rings is 1. The molecule has 0 unspecified atom stereocenters. The summed E-state index contributed by atoms with van der Waals surface area (Å²) in [5.74, 6) is 0.403. The molecule has 0 amide bonds. The molecule has 3 rings (SSSR count). The molecule has 2 bridgehead atoms. The van der Waals surface area contributed by atoms with E-state index in [4.69, 9.17) is 0 Å². The number of nitrogens with zero attached hydrogens (tertiary/aromatic N) is 1. The molecule has 1 heterocycles. The smallest absolute Gasteiger partial charge is 0.115 e. The summed E-state index contributed by atoms with van der Waals surface area (Å²) in [4.78, 5) is 2.54. The Kier molecular flexibility index (Phi) is 2.44. The van der Waals surface area contributed by atoms with Crippen LogP contribution in [0.25, 0.3) is 0 Å². The molecule has 1 aromatic rings. The molecule has 1 saturated carbocycles. The van der Waals surface area contributed by atoms with E-state index in [1.165, 1.54) is 31.2 Å². The van der Waals surface area contributed by atoms with Crippen molar-refractivity contribution in [2.75, 3.05) is 7.05 Å². The maximum atomic E-state index is 9.71. The highest BCUT2D eigenvalue weighted by Crippen LogP contribution is 2.51. The van der Waals surface area contributed by atoms with Crippen molar-refractivity contribution < 1.29 is 5.11 Å². The van der Waals surface area contributed by atoms with Crippen LogP contribution in [0.5, 0.6) is 5.75 Å². The Morgan fingerprint density at radius 3 is 3.00 bits per heavy atom. The van der Waals surface area contributed by atoms with Crippen molar-refractivity contribution in [2.24, 2.45) is 0 Å². The lowest BCUT2D eigenvalue weighted by Crippen LogP contribution is -2.38.